The van der Waals surface area contributed by atoms with Gasteiger partial charge in [-0.05, 0) is 122 Å². The van der Waals surface area contributed by atoms with Crippen molar-refractivity contribution in [1.82, 2.24) is 19.9 Å². The number of alkyl halides is 3. The molecule has 0 amide bonds. The van der Waals surface area contributed by atoms with E-state index in [0.29, 0.717) is 74.4 Å². The maximum absolute atomic E-state index is 13.6. The summed E-state index contributed by atoms with van der Waals surface area (Å²) in [5.74, 6) is -0.264. The molecular weight excluding hydrogens is 829 g/mol. The second kappa shape index (κ2) is 21.5. The zero-order chi connectivity index (χ0) is 45.7. The molecule has 0 fully saturated rings. The molecular formula is C49H50F4N6O5. The Morgan fingerprint density at radius 1 is 0.625 bits per heavy atom. The molecule has 4 aromatic carbocycles. The minimum absolute atomic E-state index is 0.300. The minimum Gasteiger partial charge on any atom is -0.482 e. The molecule has 0 saturated carbocycles. The van der Waals surface area contributed by atoms with Crippen molar-refractivity contribution in [3.05, 3.63) is 167 Å². The van der Waals surface area contributed by atoms with Gasteiger partial charge < -0.3 is 24.0 Å². The van der Waals surface area contributed by atoms with Crippen molar-refractivity contribution in [1.29, 1.82) is 0 Å². The third-order valence-corrected chi connectivity index (χ3v) is 10.3. The molecule has 334 valence electrons. The highest BCUT2D eigenvalue weighted by Gasteiger charge is 2.34. The first kappa shape index (κ1) is 46.6. The van der Waals surface area contributed by atoms with Crippen molar-refractivity contribution in [2.75, 3.05) is 29.5 Å². The van der Waals surface area contributed by atoms with Crippen molar-refractivity contribution >= 4 is 23.8 Å². The van der Waals surface area contributed by atoms with Crippen molar-refractivity contribution < 1.29 is 41.4 Å². The number of aromatic nitrogens is 4. The van der Waals surface area contributed by atoms with E-state index in [2.05, 4.69) is 19.9 Å². The first-order valence-electron chi connectivity index (χ1n) is 21.0. The van der Waals surface area contributed by atoms with Crippen molar-refractivity contribution in [2.45, 2.75) is 78.2 Å². The van der Waals surface area contributed by atoms with Gasteiger partial charge in [0.05, 0.1) is 5.56 Å². The Kier molecular flexibility index (Phi) is 15.6. The maximum Gasteiger partial charge on any atom is 0.416 e. The normalized spacial score (nSPS) is 11.5. The van der Waals surface area contributed by atoms with Crippen LogP contribution in [0.5, 0.6) is 11.5 Å². The standard InChI is InChI=1S/C49H50F4N6O5/c1-5-34-29-55-46(56-30-34)58(31-38-9-17-40(50)18-10-38)27-24-36-13-21-43(22-14-36)64-48(3,4)45(61)63-44(60)33-62-42-19-11-35(12-20-42)25-28-59(47-54-26-23-41(6-2)57-47)32-37-7-15-39(16-8-37)49(51,52)53/h7-23,26,29-30H,5-6,24-25,27-28,31-33H2,1-4H3. The molecule has 0 bridgehead atoms. The smallest absolute Gasteiger partial charge is 0.416 e. The van der Waals surface area contributed by atoms with E-state index < -0.39 is 35.9 Å². The Morgan fingerprint density at radius 3 is 1.70 bits per heavy atom. The topological polar surface area (TPSA) is 120 Å². The molecule has 6 aromatic rings. The molecule has 0 radical (unpaired) electrons. The van der Waals surface area contributed by atoms with E-state index in [1.54, 1.807) is 42.6 Å². The van der Waals surface area contributed by atoms with Gasteiger partial charge in [0.1, 0.15) is 17.3 Å². The van der Waals surface area contributed by atoms with Crippen molar-refractivity contribution in [3.63, 3.8) is 0 Å². The molecule has 0 aliphatic heterocycles. The molecule has 2 aromatic heterocycles. The lowest BCUT2D eigenvalue weighted by atomic mass is 10.1. The van der Waals surface area contributed by atoms with Crippen LogP contribution in [-0.4, -0.2) is 57.2 Å². The van der Waals surface area contributed by atoms with Gasteiger partial charge in [-0.3, -0.25) is 0 Å². The molecule has 0 aliphatic carbocycles. The van der Waals surface area contributed by atoms with Gasteiger partial charge in [-0.1, -0.05) is 62.4 Å². The fourth-order valence-corrected chi connectivity index (χ4v) is 6.50. The summed E-state index contributed by atoms with van der Waals surface area (Å²) in [4.78, 5) is 47.8. The van der Waals surface area contributed by atoms with Gasteiger partial charge in [0.15, 0.2) is 6.61 Å². The van der Waals surface area contributed by atoms with E-state index in [1.165, 1.54) is 38.1 Å². The maximum atomic E-state index is 13.6. The molecule has 0 unspecified atom stereocenters. The fraction of sp³-hybridized carbons (Fsp3) is 0.306. The fourth-order valence-electron chi connectivity index (χ4n) is 6.50. The van der Waals surface area contributed by atoms with Crippen LogP contribution >= 0.6 is 0 Å². The van der Waals surface area contributed by atoms with Crippen molar-refractivity contribution in [3.8, 4) is 11.5 Å². The van der Waals surface area contributed by atoms with Crippen LogP contribution in [0.3, 0.4) is 0 Å². The van der Waals surface area contributed by atoms with Gasteiger partial charge in [0.2, 0.25) is 17.5 Å². The van der Waals surface area contributed by atoms with Gasteiger partial charge in [0.25, 0.3) is 0 Å². The predicted molar refractivity (Wildman–Crippen MR) is 234 cm³/mol. The molecule has 0 N–H and O–H groups in total. The summed E-state index contributed by atoms with van der Waals surface area (Å²) in [6.07, 6.45) is 3.57. The van der Waals surface area contributed by atoms with E-state index in [4.69, 9.17) is 14.2 Å². The van der Waals surface area contributed by atoms with Gasteiger partial charge in [-0.25, -0.2) is 33.9 Å². The minimum atomic E-state index is -4.42. The third-order valence-electron chi connectivity index (χ3n) is 10.3. The third kappa shape index (κ3) is 13.5. The largest absolute Gasteiger partial charge is 0.482 e. The average molecular weight is 879 g/mol. The number of hydrogen-bond donors (Lipinski definition) is 0. The molecule has 11 nitrogen and oxygen atoms in total. The number of carbonyl (C=O) groups excluding carboxylic acids is 2. The molecule has 2 heterocycles. The number of rotatable bonds is 20. The summed E-state index contributed by atoms with van der Waals surface area (Å²) in [5, 5.41) is 0. The lowest BCUT2D eigenvalue weighted by Gasteiger charge is -2.24. The molecule has 0 spiro atoms. The summed E-state index contributed by atoms with van der Waals surface area (Å²) in [5.41, 5.74) is 3.17. The predicted octanol–water partition coefficient (Wildman–Crippen LogP) is 9.35. The molecule has 0 atom stereocenters. The van der Waals surface area contributed by atoms with Crippen LogP contribution in [0.25, 0.3) is 0 Å². The van der Waals surface area contributed by atoms with Crippen molar-refractivity contribution in [2.24, 2.45) is 0 Å². The summed E-state index contributed by atoms with van der Waals surface area (Å²) >= 11 is 0. The van der Waals surface area contributed by atoms with Crippen LogP contribution in [0.4, 0.5) is 29.5 Å². The lowest BCUT2D eigenvalue weighted by Crippen LogP contribution is -2.41. The van der Waals surface area contributed by atoms with Crippen LogP contribution in [0.1, 0.15) is 66.8 Å². The molecule has 15 heteroatoms. The van der Waals surface area contributed by atoms with E-state index in [-0.39, 0.29) is 5.82 Å². The van der Waals surface area contributed by atoms with Crippen LogP contribution in [0.2, 0.25) is 0 Å². The number of halogens is 4. The monoisotopic (exact) mass is 878 g/mol. The quantitative estimate of drug-likeness (QED) is 0.0415. The summed E-state index contributed by atoms with van der Waals surface area (Å²) < 4.78 is 69.7. The first-order valence-corrected chi connectivity index (χ1v) is 21.0. The Balaban J connectivity index is 0.973. The van der Waals surface area contributed by atoms with E-state index in [9.17, 15) is 27.2 Å². The number of hydrogen-bond acceptors (Lipinski definition) is 11. The van der Waals surface area contributed by atoms with Gasteiger partial charge in [-0.15, -0.1) is 0 Å². The first-order chi connectivity index (χ1) is 30.7. The summed E-state index contributed by atoms with van der Waals surface area (Å²) in [7, 11) is 0. The Bertz CT molecular complexity index is 2430. The molecule has 0 saturated heterocycles. The van der Waals surface area contributed by atoms with Crippen LogP contribution in [0.15, 0.2) is 122 Å². The average Bonchev–Trinajstić information content (AvgIpc) is 3.29. The van der Waals surface area contributed by atoms with Crippen LogP contribution < -0.4 is 19.3 Å². The zero-order valence-electron chi connectivity index (χ0n) is 36.1. The summed E-state index contributed by atoms with van der Waals surface area (Å²) in [6, 6.07) is 27.5. The highest BCUT2D eigenvalue weighted by Crippen LogP contribution is 2.30. The van der Waals surface area contributed by atoms with E-state index >= 15 is 0 Å². The highest BCUT2D eigenvalue weighted by atomic mass is 19.4. The number of aryl methyl sites for hydroxylation is 2. The summed E-state index contributed by atoms with van der Waals surface area (Å²) in [6.45, 7) is 8.34. The Hall–Kier alpha value is -6.90. The number of nitrogens with zero attached hydrogens (tertiary/aromatic N) is 6. The Labute approximate surface area is 370 Å². The number of ether oxygens (including phenoxy) is 3. The number of benzene rings is 4. The molecule has 6 rings (SSSR count). The van der Waals surface area contributed by atoms with Crippen LogP contribution in [0, 0.1) is 5.82 Å². The Morgan fingerprint density at radius 2 is 1.16 bits per heavy atom. The van der Waals surface area contributed by atoms with Crippen LogP contribution in [-0.2, 0) is 59.3 Å². The van der Waals surface area contributed by atoms with E-state index in [0.717, 1.165) is 46.5 Å². The lowest BCUT2D eigenvalue weighted by molar-refractivity contribution is -0.171. The SMILES string of the molecule is CCc1cnc(N(CCc2ccc(OC(C)(C)C(=O)OC(=O)COc3ccc(CCN(Cc4ccc(C(F)(F)F)cc4)c4nccc(CC)n4)cc3)cc2)Cc2ccc(F)cc2)nc1. The second-order valence-corrected chi connectivity index (χ2v) is 15.6. The number of esters is 2. The molecule has 64 heavy (non-hydrogen) atoms. The highest BCUT2D eigenvalue weighted by molar-refractivity contribution is 5.90. The van der Waals surface area contributed by atoms with Gasteiger partial charge in [-0.2, -0.15) is 13.2 Å². The molecule has 0 aliphatic rings. The number of anilines is 2. The van der Waals surface area contributed by atoms with Gasteiger partial charge >= 0.3 is 18.1 Å². The second-order valence-electron chi connectivity index (χ2n) is 15.6. The zero-order valence-corrected chi connectivity index (χ0v) is 36.1. The van der Waals surface area contributed by atoms with E-state index in [1.807, 2.05) is 66.4 Å². The number of carbonyl (C=O) groups is 2. The van der Waals surface area contributed by atoms with Gasteiger partial charge in [0, 0.05) is 50.5 Å².